The molecular weight excluding hydrogens is 458 g/mol. The highest BCUT2D eigenvalue weighted by molar-refractivity contribution is 5.93. The van der Waals surface area contributed by atoms with Gasteiger partial charge in [0.25, 0.3) is 11.5 Å². The van der Waals surface area contributed by atoms with Gasteiger partial charge in [-0.15, -0.1) is 0 Å². The summed E-state index contributed by atoms with van der Waals surface area (Å²) in [6.45, 7) is 0. The number of nitrogens with zero attached hydrogens (tertiary/aromatic N) is 2. The maximum atomic E-state index is 13.7. The van der Waals surface area contributed by atoms with Crippen LogP contribution in [0.3, 0.4) is 0 Å². The molecule has 5 N–H and O–H groups in total. The summed E-state index contributed by atoms with van der Waals surface area (Å²) in [5, 5.41) is 25.3. The lowest BCUT2D eigenvalue weighted by Crippen LogP contribution is -2.68. The van der Waals surface area contributed by atoms with Gasteiger partial charge in [-0.3, -0.25) is 19.7 Å². The van der Waals surface area contributed by atoms with E-state index in [9.17, 15) is 19.8 Å². The van der Waals surface area contributed by atoms with Crippen molar-refractivity contribution in [1.29, 1.82) is 0 Å². The van der Waals surface area contributed by atoms with Crippen LogP contribution in [0.2, 0.25) is 0 Å². The largest absolute Gasteiger partial charge is 0.391 e. The molecule has 9 heteroatoms. The van der Waals surface area contributed by atoms with Gasteiger partial charge in [-0.25, -0.2) is 10.1 Å². The molecule has 0 spiro atoms. The molecule has 4 aromatic rings. The fourth-order valence-corrected chi connectivity index (χ4v) is 4.62. The van der Waals surface area contributed by atoms with E-state index in [2.05, 4.69) is 16.2 Å². The van der Waals surface area contributed by atoms with Crippen LogP contribution in [0.5, 0.6) is 0 Å². The first-order chi connectivity index (χ1) is 17.5. The van der Waals surface area contributed by atoms with Gasteiger partial charge in [-0.05, 0) is 36.4 Å². The molecule has 1 aromatic heterocycles. The number of rotatable bonds is 7. The molecule has 0 radical (unpaired) electrons. The highest BCUT2D eigenvalue weighted by atomic mass is 16.3. The zero-order valence-corrected chi connectivity index (χ0v) is 19.6. The van der Waals surface area contributed by atoms with Crippen molar-refractivity contribution < 1.29 is 15.0 Å². The van der Waals surface area contributed by atoms with Gasteiger partial charge in [0.2, 0.25) is 0 Å². The summed E-state index contributed by atoms with van der Waals surface area (Å²) in [5.41, 5.74) is 7.01. The number of aliphatic hydroxyl groups excluding tert-OH is 2. The smallest absolute Gasteiger partial charge is 0.277 e. The first-order valence-corrected chi connectivity index (χ1v) is 11.6. The minimum atomic E-state index is -1.12. The number of carbonyl (C=O) groups is 1. The molecule has 1 aliphatic rings. The highest BCUT2D eigenvalue weighted by Crippen LogP contribution is 2.40. The molecule has 0 aliphatic heterocycles. The SMILES string of the molecule is Cn1c(Nc2ccccc2)c(C2C(O)C(NNC(=O)c3ccccc3)C2O)c(=O)n1-c1ccccc1. The van der Waals surface area contributed by atoms with Crippen LogP contribution in [0.1, 0.15) is 21.8 Å². The average molecular weight is 486 g/mol. The molecule has 1 aliphatic carbocycles. The Morgan fingerprint density at radius 3 is 2.00 bits per heavy atom. The molecule has 9 nitrogen and oxygen atoms in total. The van der Waals surface area contributed by atoms with Crippen LogP contribution in [0.15, 0.2) is 95.8 Å². The quantitative estimate of drug-likeness (QED) is 0.256. The number of anilines is 2. The number of amides is 1. The van der Waals surface area contributed by atoms with Gasteiger partial charge in [0.1, 0.15) is 5.82 Å². The number of nitrogens with one attached hydrogen (secondary N) is 3. The van der Waals surface area contributed by atoms with Crippen molar-refractivity contribution >= 4 is 17.4 Å². The van der Waals surface area contributed by atoms with Crippen LogP contribution in [0.25, 0.3) is 5.69 Å². The van der Waals surface area contributed by atoms with Gasteiger partial charge in [0, 0.05) is 24.2 Å². The molecular formula is C27H27N5O4. The van der Waals surface area contributed by atoms with Crippen molar-refractivity contribution in [3.8, 4) is 5.69 Å². The van der Waals surface area contributed by atoms with Crippen molar-refractivity contribution in [2.24, 2.45) is 7.05 Å². The zero-order valence-electron chi connectivity index (χ0n) is 19.6. The second-order valence-electron chi connectivity index (χ2n) is 8.73. The Balaban J connectivity index is 1.45. The van der Waals surface area contributed by atoms with Gasteiger partial charge in [-0.1, -0.05) is 54.6 Å². The molecule has 1 heterocycles. The lowest BCUT2D eigenvalue weighted by molar-refractivity contribution is -0.0920. The molecule has 36 heavy (non-hydrogen) atoms. The number of aromatic nitrogens is 2. The Bertz CT molecular complexity index is 1390. The van der Waals surface area contributed by atoms with E-state index in [4.69, 9.17) is 0 Å². The van der Waals surface area contributed by atoms with Gasteiger partial charge in [0.05, 0.1) is 29.5 Å². The molecule has 1 amide bonds. The predicted molar refractivity (Wildman–Crippen MR) is 136 cm³/mol. The van der Waals surface area contributed by atoms with E-state index in [1.807, 2.05) is 60.7 Å². The van der Waals surface area contributed by atoms with E-state index in [0.29, 0.717) is 17.1 Å². The van der Waals surface area contributed by atoms with Gasteiger partial charge in [-0.2, -0.15) is 0 Å². The zero-order chi connectivity index (χ0) is 25.2. The Kier molecular flexibility index (Phi) is 6.43. The first-order valence-electron chi connectivity index (χ1n) is 11.6. The molecule has 0 bridgehead atoms. The van der Waals surface area contributed by atoms with Crippen LogP contribution in [0, 0.1) is 0 Å². The number of benzene rings is 3. The molecule has 3 aromatic carbocycles. The lowest BCUT2D eigenvalue weighted by atomic mass is 9.70. The van der Waals surface area contributed by atoms with E-state index in [1.54, 1.807) is 42.1 Å². The second-order valence-corrected chi connectivity index (χ2v) is 8.73. The summed E-state index contributed by atoms with van der Waals surface area (Å²) in [6, 6.07) is 26.3. The Labute approximate surface area is 207 Å². The van der Waals surface area contributed by atoms with E-state index in [0.717, 1.165) is 5.69 Å². The molecule has 0 saturated heterocycles. The fourth-order valence-electron chi connectivity index (χ4n) is 4.62. The summed E-state index contributed by atoms with van der Waals surface area (Å²) >= 11 is 0. The van der Waals surface area contributed by atoms with Crippen molar-refractivity contribution in [1.82, 2.24) is 20.2 Å². The Morgan fingerprint density at radius 2 is 1.39 bits per heavy atom. The summed E-state index contributed by atoms with van der Waals surface area (Å²) in [6.07, 6.45) is -2.24. The molecule has 1 saturated carbocycles. The van der Waals surface area contributed by atoms with E-state index >= 15 is 0 Å². The standard InChI is InChI=1S/C27H27N5O4/c1-31-25(28-18-13-7-3-8-14-18)21(27(36)32(31)19-15-9-4-10-16-19)20-23(33)22(24(20)34)29-30-26(35)17-11-5-2-6-12-17/h2-16,20,22-24,28-29,33-34H,1H3,(H,30,35). The third-order valence-electron chi connectivity index (χ3n) is 6.53. The van der Waals surface area contributed by atoms with Crippen LogP contribution in [-0.2, 0) is 7.05 Å². The predicted octanol–water partition coefficient (Wildman–Crippen LogP) is 2.04. The van der Waals surface area contributed by atoms with Crippen molar-refractivity contribution in [3.63, 3.8) is 0 Å². The van der Waals surface area contributed by atoms with Crippen LogP contribution >= 0.6 is 0 Å². The summed E-state index contributed by atoms with van der Waals surface area (Å²) < 4.78 is 3.18. The maximum absolute atomic E-state index is 13.7. The minimum absolute atomic E-state index is 0.262. The van der Waals surface area contributed by atoms with Gasteiger partial charge in [0.15, 0.2) is 0 Å². The van der Waals surface area contributed by atoms with Crippen LogP contribution < -0.4 is 21.7 Å². The van der Waals surface area contributed by atoms with E-state index in [1.165, 1.54) is 4.68 Å². The highest BCUT2D eigenvalue weighted by Gasteiger charge is 2.53. The first kappa shape index (κ1) is 23.6. The number of aliphatic hydroxyl groups is 2. The topological polar surface area (TPSA) is 121 Å². The Hall–Kier alpha value is -4.18. The third-order valence-corrected chi connectivity index (χ3v) is 6.53. The number of hydrogen-bond acceptors (Lipinski definition) is 6. The van der Waals surface area contributed by atoms with Crippen LogP contribution in [0.4, 0.5) is 11.5 Å². The van der Waals surface area contributed by atoms with Gasteiger partial charge < -0.3 is 15.5 Å². The normalized spacial score (nSPS) is 21.0. The molecule has 2 unspecified atom stereocenters. The summed E-state index contributed by atoms with van der Waals surface area (Å²) in [5.74, 6) is -0.799. The molecule has 184 valence electrons. The number of hydrogen-bond donors (Lipinski definition) is 5. The second kappa shape index (κ2) is 9.82. The molecule has 2 atom stereocenters. The lowest BCUT2D eigenvalue weighted by Gasteiger charge is -2.46. The van der Waals surface area contributed by atoms with Crippen LogP contribution in [-0.4, -0.2) is 43.7 Å². The van der Waals surface area contributed by atoms with Gasteiger partial charge >= 0.3 is 0 Å². The van der Waals surface area contributed by atoms with Crippen molar-refractivity contribution in [3.05, 3.63) is 112 Å². The van der Waals surface area contributed by atoms with Crippen molar-refractivity contribution in [2.75, 3.05) is 5.32 Å². The Morgan fingerprint density at radius 1 is 0.833 bits per heavy atom. The minimum Gasteiger partial charge on any atom is -0.391 e. The third kappa shape index (κ3) is 4.20. The van der Waals surface area contributed by atoms with Crippen molar-refractivity contribution in [2.45, 2.75) is 24.2 Å². The molecule has 1 fully saturated rings. The number of carbonyl (C=O) groups excluding carboxylic acids is 1. The summed E-state index contributed by atoms with van der Waals surface area (Å²) in [4.78, 5) is 26.0. The number of para-hydroxylation sites is 2. The maximum Gasteiger partial charge on any atom is 0.277 e. The molecule has 5 rings (SSSR count). The summed E-state index contributed by atoms with van der Waals surface area (Å²) in [7, 11) is 1.75. The average Bonchev–Trinajstić information content (AvgIpc) is 3.14. The number of hydrazine groups is 1. The van der Waals surface area contributed by atoms with E-state index in [-0.39, 0.29) is 11.1 Å². The fraction of sp³-hybridized carbons (Fsp3) is 0.185. The van der Waals surface area contributed by atoms with E-state index < -0.39 is 30.1 Å². The monoisotopic (exact) mass is 485 g/mol.